The number of phenolic OH excluding ortho intramolecular Hbond substituents is 1. The third-order valence-corrected chi connectivity index (χ3v) is 3.20. The number of halogens is 2. The van der Waals surface area contributed by atoms with E-state index < -0.39 is 17.4 Å². The van der Waals surface area contributed by atoms with Crippen LogP contribution in [0.1, 0.15) is 5.56 Å². The Labute approximate surface area is 120 Å². The van der Waals surface area contributed by atoms with Crippen LogP contribution < -0.4 is 0 Å². The number of rotatable bonds is 3. The van der Waals surface area contributed by atoms with E-state index in [2.05, 4.69) is 5.10 Å². The van der Waals surface area contributed by atoms with Crippen molar-refractivity contribution in [3.63, 3.8) is 0 Å². The first-order chi connectivity index (χ1) is 10.1. The van der Waals surface area contributed by atoms with Gasteiger partial charge in [-0.2, -0.15) is 5.10 Å². The van der Waals surface area contributed by atoms with E-state index in [-0.39, 0.29) is 5.56 Å². The molecule has 0 saturated heterocycles. The fourth-order valence-corrected chi connectivity index (χ4v) is 2.21. The molecule has 0 unspecified atom stereocenters. The van der Waals surface area contributed by atoms with E-state index in [9.17, 15) is 13.9 Å². The van der Waals surface area contributed by atoms with Crippen LogP contribution in [0.2, 0.25) is 0 Å². The summed E-state index contributed by atoms with van der Waals surface area (Å²) in [5.41, 5.74) is 1.54. The first kappa shape index (κ1) is 13.3. The number of benzene rings is 2. The molecule has 0 saturated carbocycles. The van der Waals surface area contributed by atoms with Gasteiger partial charge in [-0.15, -0.1) is 0 Å². The molecule has 1 aromatic heterocycles. The van der Waals surface area contributed by atoms with Gasteiger partial charge in [-0.25, -0.2) is 8.78 Å². The first-order valence-electron chi connectivity index (χ1n) is 6.39. The quantitative estimate of drug-likeness (QED) is 0.799. The second kappa shape index (κ2) is 5.36. The zero-order chi connectivity index (χ0) is 14.8. The summed E-state index contributed by atoms with van der Waals surface area (Å²) in [7, 11) is 0. The van der Waals surface area contributed by atoms with E-state index in [0.717, 1.165) is 11.6 Å². The van der Waals surface area contributed by atoms with Gasteiger partial charge < -0.3 is 5.11 Å². The minimum atomic E-state index is -0.988. The highest BCUT2D eigenvalue weighted by Crippen LogP contribution is 2.32. The second-order valence-corrected chi connectivity index (χ2v) is 4.64. The average molecular weight is 286 g/mol. The van der Waals surface area contributed by atoms with Gasteiger partial charge in [-0.05, 0) is 17.7 Å². The number of aromatic hydroxyl groups is 1. The molecule has 0 fully saturated rings. The van der Waals surface area contributed by atoms with E-state index in [1.54, 1.807) is 10.7 Å². The molecule has 1 heterocycles. The highest BCUT2D eigenvalue weighted by atomic mass is 19.1. The lowest BCUT2D eigenvalue weighted by Gasteiger charge is -2.10. The predicted molar refractivity (Wildman–Crippen MR) is 74.8 cm³/mol. The molecule has 21 heavy (non-hydrogen) atoms. The summed E-state index contributed by atoms with van der Waals surface area (Å²) in [5, 5.41) is 14.0. The lowest BCUT2D eigenvalue weighted by molar-refractivity contribution is 0.429. The summed E-state index contributed by atoms with van der Waals surface area (Å²) in [5.74, 6) is -2.31. The van der Waals surface area contributed by atoms with Crippen LogP contribution in [0.5, 0.6) is 5.75 Å². The van der Waals surface area contributed by atoms with Crippen LogP contribution in [0, 0.1) is 11.6 Å². The molecule has 0 amide bonds. The summed E-state index contributed by atoms with van der Waals surface area (Å²) in [6.07, 6.45) is 1.53. The molecule has 3 aromatic rings. The highest BCUT2D eigenvalue weighted by Gasteiger charge is 2.15. The van der Waals surface area contributed by atoms with Crippen molar-refractivity contribution in [2.75, 3.05) is 0 Å². The van der Waals surface area contributed by atoms with Gasteiger partial charge in [0.15, 0.2) is 11.6 Å². The fourth-order valence-electron chi connectivity index (χ4n) is 2.21. The topological polar surface area (TPSA) is 38.1 Å². The standard InChI is InChI=1S/C16H12F2N2O/c17-12-8-13(16(21)14(18)9-12)15-6-7-19-20(15)10-11-4-2-1-3-5-11/h1-9,21H,10H2. The summed E-state index contributed by atoms with van der Waals surface area (Å²) in [4.78, 5) is 0. The van der Waals surface area contributed by atoms with Gasteiger partial charge in [0.05, 0.1) is 12.2 Å². The lowest BCUT2D eigenvalue weighted by Crippen LogP contribution is -2.04. The molecule has 3 rings (SSSR count). The van der Waals surface area contributed by atoms with Crippen LogP contribution >= 0.6 is 0 Å². The molecule has 3 nitrogen and oxygen atoms in total. The molecule has 0 aliphatic carbocycles. The van der Waals surface area contributed by atoms with Crippen LogP contribution in [0.25, 0.3) is 11.3 Å². The Morgan fingerprint density at radius 1 is 1.05 bits per heavy atom. The van der Waals surface area contributed by atoms with Gasteiger partial charge in [-0.3, -0.25) is 4.68 Å². The van der Waals surface area contributed by atoms with Crippen molar-refractivity contribution in [2.45, 2.75) is 6.54 Å². The molecule has 2 aromatic carbocycles. The van der Waals surface area contributed by atoms with Gasteiger partial charge in [0.1, 0.15) is 5.82 Å². The van der Waals surface area contributed by atoms with Gasteiger partial charge in [0.2, 0.25) is 0 Å². The molecular weight excluding hydrogens is 274 g/mol. The molecule has 0 radical (unpaired) electrons. The Bertz CT molecular complexity index is 769. The molecule has 0 atom stereocenters. The Morgan fingerprint density at radius 2 is 1.81 bits per heavy atom. The molecular formula is C16H12F2N2O. The third kappa shape index (κ3) is 2.63. The maximum absolute atomic E-state index is 13.5. The molecule has 1 N–H and O–H groups in total. The third-order valence-electron chi connectivity index (χ3n) is 3.20. The van der Waals surface area contributed by atoms with Crippen molar-refractivity contribution >= 4 is 0 Å². The van der Waals surface area contributed by atoms with Crippen LogP contribution in [0.3, 0.4) is 0 Å². The monoisotopic (exact) mass is 286 g/mol. The summed E-state index contributed by atoms with van der Waals surface area (Å²) >= 11 is 0. The van der Waals surface area contributed by atoms with Crippen LogP contribution in [0.15, 0.2) is 54.7 Å². The smallest absolute Gasteiger partial charge is 0.168 e. The van der Waals surface area contributed by atoms with Crippen LogP contribution in [0.4, 0.5) is 8.78 Å². The van der Waals surface area contributed by atoms with Crippen molar-refractivity contribution in [2.24, 2.45) is 0 Å². The number of aromatic nitrogens is 2. The van der Waals surface area contributed by atoms with Gasteiger partial charge in [-0.1, -0.05) is 30.3 Å². The zero-order valence-corrected chi connectivity index (χ0v) is 11.0. The largest absolute Gasteiger partial charge is 0.504 e. The second-order valence-electron chi connectivity index (χ2n) is 4.64. The summed E-state index contributed by atoms with van der Waals surface area (Å²) < 4.78 is 28.4. The average Bonchev–Trinajstić information content (AvgIpc) is 2.92. The molecule has 0 aliphatic rings. The fraction of sp³-hybridized carbons (Fsp3) is 0.0625. The summed E-state index contributed by atoms with van der Waals surface area (Å²) in [6, 6.07) is 12.9. The first-order valence-corrected chi connectivity index (χ1v) is 6.39. The maximum atomic E-state index is 13.5. The normalized spacial score (nSPS) is 10.8. The Hall–Kier alpha value is -2.69. The van der Waals surface area contributed by atoms with Gasteiger partial charge >= 0.3 is 0 Å². The molecule has 0 spiro atoms. The van der Waals surface area contributed by atoms with Gasteiger partial charge in [0.25, 0.3) is 0 Å². The van der Waals surface area contributed by atoms with Crippen LogP contribution in [-0.2, 0) is 6.54 Å². The number of hydrogen-bond donors (Lipinski definition) is 1. The predicted octanol–water partition coefficient (Wildman–Crippen LogP) is 3.58. The van der Waals surface area contributed by atoms with Crippen molar-refractivity contribution in [1.82, 2.24) is 9.78 Å². The highest BCUT2D eigenvalue weighted by molar-refractivity contribution is 5.67. The molecule has 106 valence electrons. The van der Waals surface area contributed by atoms with E-state index in [4.69, 9.17) is 0 Å². The number of phenols is 1. The molecule has 0 aliphatic heterocycles. The van der Waals surface area contributed by atoms with E-state index >= 15 is 0 Å². The van der Waals surface area contributed by atoms with Crippen LogP contribution in [-0.4, -0.2) is 14.9 Å². The van der Waals surface area contributed by atoms with Gasteiger partial charge in [0, 0.05) is 17.8 Å². The summed E-state index contributed by atoms with van der Waals surface area (Å²) in [6.45, 7) is 0.445. The molecule has 0 bridgehead atoms. The minimum Gasteiger partial charge on any atom is -0.504 e. The van der Waals surface area contributed by atoms with E-state index in [1.165, 1.54) is 6.20 Å². The SMILES string of the molecule is Oc1c(F)cc(F)cc1-c1ccnn1Cc1ccccc1. The van der Waals surface area contributed by atoms with E-state index in [1.807, 2.05) is 30.3 Å². The molecule has 5 heteroatoms. The van der Waals surface area contributed by atoms with Crippen molar-refractivity contribution in [3.05, 3.63) is 71.9 Å². The zero-order valence-electron chi connectivity index (χ0n) is 11.0. The van der Waals surface area contributed by atoms with Crippen molar-refractivity contribution in [1.29, 1.82) is 0 Å². The lowest BCUT2D eigenvalue weighted by atomic mass is 10.1. The number of nitrogens with zero attached hydrogens (tertiary/aromatic N) is 2. The Kier molecular flexibility index (Phi) is 3.39. The van der Waals surface area contributed by atoms with Crippen molar-refractivity contribution < 1.29 is 13.9 Å². The van der Waals surface area contributed by atoms with E-state index in [0.29, 0.717) is 18.3 Å². The van der Waals surface area contributed by atoms with Crippen molar-refractivity contribution in [3.8, 4) is 17.0 Å². The Balaban J connectivity index is 2.04. The Morgan fingerprint density at radius 3 is 2.57 bits per heavy atom. The number of hydrogen-bond acceptors (Lipinski definition) is 2. The maximum Gasteiger partial charge on any atom is 0.168 e. The minimum absolute atomic E-state index is 0.0842.